The highest BCUT2D eigenvalue weighted by Gasteiger charge is 2.32. The average molecular weight is 500 g/mol. The summed E-state index contributed by atoms with van der Waals surface area (Å²) >= 11 is 0. The molecule has 2 aliphatic heterocycles. The smallest absolute Gasteiger partial charge is 0.244 e. The Bertz CT molecular complexity index is 1140. The summed E-state index contributed by atoms with van der Waals surface area (Å²) in [5.41, 5.74) is 3.46. The van der Waals surface area contributed by atoms with Crippen molar-refractivity contribution in [1.29, 1.82) is 0 Å². The number of aliphatic hydroxyl groups excluding tert-OH is 1. The van der Waals surface area contributed by atoms with Crippen molar-refractivity contribution in [2.45, 2.75) is 48.6 Å². The van der Waals surface area contributed by atoms with E-state index in [0.717, 1.165) is 18.5 Å². The van der Waals surface area contributed by atoms with Crippen molar-refractivity contribution in [3.05, 3.63) is 59.2 Å². The van der Waals surface area contributed by atoms with Crippen LogP contribution >= 0.6 is 10.6 Å². The third-order valence-corrected chi connectivity index (χ3v) is 8.97. The number of likely N-dealkylation sites (N-methyl/N-ethyl adjacent to an activating group) is 1. The second-order valence-electron chi connectivity index (χ2n) is 10.0. The maximum atomic E-state index is 13.4. The lowest BCUT2D eigenvalue weighted by atomic mass is 9.99. The van der Waals surface area contributed by atoms with Crippen molar-refractivity contribution >= 4 is 28.1 Å². The van der Waals surface area contributed by atoms with Gasteiger partial charge in [0.2, 0.25) is 11.8 Å². The van der Waals surface area contributed by atoms with Crippen molar-refractivity contribution in [1.82, 2.24) is 9.80 Å². The van der Waals surface area contributed by atoms with E-state index in [1.54, 1.807) is 23.1 Å². The van der Waals surface area contributed by atoms with E-state index in [2.05, 4.69) is 34.5 Å². The molecule has 0 unspecified atom stereocenters. The summed E-state index contributed by atoms with van der Waals surface area (Å²) in [5.74, 6) is -0.238. The number of nitrogens with one attached hydrogen (secondary N) is 1. The van der Waals surface area contributed by atoms with Crippen molar-refractivity contribution in [3.8, 4) is 0 Å². The summed E-state index contributed by atoms with van der Waals surface area (Å²) in [6.07, 6.45) is 2.96. The third-order valence-electron chi connectivity index (χ3n) is 7.24. The highest BCUT2D eigenvalue weighted by Crippen LogP contribution is 2.53. The number of rotatable bonds is 7. The maximum absolute atomic E-state index is 13.4. The molecule has 188 valence electrons. The standard InChI is InChI=1S/C26H33N3O5S/c1-28(26(32)12-17-5-8-24-22(11-17)27-25(31)16-35(24,33)34)23(15-29-10-9-21(30)14-29)20-4-2-3-19(13-20)18-6-7-18/h2-5,8,11,13,18,21,23,30,33-34H,6-7,9-10,12,14-16H2,1H3,(H,27,31)/t21-,23+/m0/s1. The van der Waals surface area contributed by atoms with Gasteiger partial charge in [-0.3, -0.25) is 23.6 Å². The predicted molar refractivity (Wildman–Crippen MR) is 136 cm³/mol. The normalized spacial score (nSPS) is 23.3. The number of aliphatic hydroxyl groups is 1. The van der Waals surface area contributed by atoms with Crippen LogP contribution in [-0.4, -0.2) is 74.4 Å². The van der Waals surface area contributed by atoms with Gasteiger partial charge in [-0.25, -0.2) is 0 Å². The van der Waals surface area contributed by atoms with Gasteiger partial charge in [0.1, 0.15) is 5.75 Å². The Kier molecular flexibility index (Phi) is 6.63. The highest BCUT2D eigenvalue weighted by molar-refractivity contribution is 8.25. The fourth-order valence-corrected chi connectivity index (χ4v) is 6.44. The molecule has 0 radical (unpaired) electrons. The Balaban J connectivity index is 1.36. The van der Waals surface area contributed by atoms with E-state index in [9.17, 15) is 23.8 Å². The summed E-state index contributed by atoms with van der Waals surface area (Å²) < 4.78 is 20.5. The van der Waals surface area contributed by atoms with E-state index in [1.165, 1.54) is 18.4 Å². The van der Waals surface area contributed by atoms with Crippen LogP contribution in [0.3, 0.4) is 0 Å². The van der Waals surface area contributed by atoms with E-state index in [-0.39, 0.29) is 30.2 Å². The van der Waals surface area contributed by atoms with Crippen LogP contribution in [0.15, 0.2) is 47.4 Å². The van der Waals surface area contributed by atoms with Gasteiger partial charge in [0.25, 0.3) is 0 Å². The van der Waals surface area contributed by atoms with Crippen molar-refractivity contribution in [3.63, 3.8) is 0 Å². The molecule has 0 bridgehead atoms. The lowest BCUT2D eigenvalue weighted by Gasteiger charge is -2.37. The van der Waals surface area contributed by atoms with Gasteiger partial charge in [-0.15, -0.1) is 0 Å². The van der Waals surface area contributed by atoms with Crippen LogP contribution < -0.4 is 5.32 Å². The monoisotopic (exact) mass is 499 g/mol. The molecule has 2 amide bonds. The Labute approximate surface area is 207 Å². The molecular weight excluding hydrogens is 466 g/mol. The number of carbonyl (C=O) groups is 2. The van der Waals surface area contributed by atoms with E-state index in [0.29, 0.717) is 35.2 Å². The van der Waals surface area contributed by atoms with Gasteiger partial charge < -0.3 is 15.3 Å². The molecule has 0 aromatic heterocycles. The second-order valence-corrected chi connectivity index (χ2v) is 12.1. The van der Waals surface area contributed by atoms with Crippen LogP contribution in [0.4, 0.5) is 5.69 Å². The first-order valence-electron chi connectivity index (χ1n) is 12.1. The van der Waals surface area contributed by atoms with Gasteiger partial charge >= 0.3 is 0 Å². The lowest BCUT2D eigenvalue weighted by Crippen LogP contribution is -2.39. The van der Waals surface area contributed by atoms with E-state index in [4.69, 9.17) is 0 Å². The van der Waals surface area contributed by atoms with Crippen molar-refractivity contribution < 1.29 is 23.8 Å². The fraction of sp³-hybridized carbons (Fsp3) is 0.462. The van der Waals surface area contributed by atoms with Crippen LogP contribution in [0.25, 0.3) is 0 Å². The Morgan fingerprint density at radius 1 is 1.20 bits per heavy atom. The van der Waals surface area contributed by atoms with Gasteiger partial charge in [0.15, 0.2) is 0 Å². The second kappa shape index (κ2) is 9.55. The topological polar surface area (TPSA) is 113 Å². The van der Waals surface area contributed by atoms with E-state index < -0.39 is 16.5 Å². The van der Waals surface area contributed by atoms with E-state index >= 15 is 0 Å². The predicted octanol–water partition coefficient (Wildman–Crippen LogP) is 3.43. The average Bonchev–Trinajstić information content (AvgIpc) is 3.58. The first-order chi connectivity index (χ1) is 16.7. The molecule has 2 aromatic rings. The molecule has 2 heterocycles. The molecule has 1 saturated heterocycles. The number of fused-ring (bicyclic) bond motifs is 1. The molecule has 3 aliphatic rings. The van der Waals surface area contributed by atoms with Gasteiger partial charge in [-0.05, 0) is 54.0 Å². The molecule has 1 saturated carbocycles. The number of hydrogen-bond donors (Lipinski definition) is 4. The Morgan fingerprint density at radius 2 is 2.00 bits per heavy atom. The molecule has 8 nitrogen and oxygen atoms in total. The number of anilines is 1. The fourth-order valence-electron chi connectivity index (χ4n) is 5.10. The summed E-state index contributed by atoms with van der Waals surface area (Å²) in [6, 6.07) is 13.3. The number of hydrogen-bond acceptors (Lipinski definition) is 6. The minimum absolute atomic E-state index is 0.0692. The number of nitrogens with zero attached hydrogens (tertiary/aromatic N) is 2. The van der Waals surface area contributed by atoms with Gasteiger partial charge in [-0.2, -0.15) is 10.6 Å². The van der Waals surface area contributed by atoms with Gasteiger partial charge in [0.05, 0.1) is 29.1 Å². The molecule has 0 spiro atoms. The van der Waals surface area contributed by atoms with Crippen LogP contribution in [0.5, 0.6) is 0 Å². The number of benzene rings is 2. The number of β-amino-alcohol motifs (C(OH)–C–C–N with tert-alkyl or cyclic N) is 1. The zero-order chi connectivity index (χ0) is 24.7. The third kappa shape index (κ3) is 5.39. The zero-order valence-electron chi connectivity index (χ0n) is 19.9. The van der Waals surface area contributed by atoms with Crippen LogP contribution in [0, 0.1) is 0 Å². The molecule has 4 N–H and O–H groups in total. The summed E-state index contributed by atoms with van der Waals surface area (Å²) in [6.45, 7) is 2.06. The molecular formula is C26H33N3O5S. The molecule has 35 heavy (non-hydrogen) atoms. The molecule has 2 fully saturated rings. The lowest BCUT2D eigenvalue weighted by molar-refractivity contribution is -0.131. The summed E-state index contributed by atoms with van der Waals surface area (Å²) in [7, 11) is -1.34. The van der Waals surface area contributed by atoms with Crippen LogP contribution in [0.1, 0.15) is 47.9 Å². The van der Waals surface area contributed by atoms with Crippen molar-refractivity contribution in [2.24, 2.45) is 0 Å². The van der Waals surface area contributed by atoms with Crippen LogP contribution in [-0.2, 0) is 16.0 Å². The first kappa shape index (κ1) is 24.3. The number of likely N-dealkylation sites (tertiary alicyclic amines) is 1. The summed E-state index contributed by atoms with van der Waals surface area (Å²) in [5, 5.41) is 12.7. The minimum Gasteiger partial charge on any atom is -0.392 e. The van der Waals surface area contributed by atoms with Gasteiger partial charge in [0, 0.05) is 26.7 Å². The Morgan fingerprint density at radius 3 is 2.71 bits per heavy atom. The molecule has 9 heteroatoms. The van der Waals surface area contributed by atoms with Crippen LogP contribution in [0.2, 0.25) is 0 Å². The van der Waals surface area contributed by atoms with E-state index in [1.807, 2.05) is 7.05 Å². The SMILES string of the molecule is CN(C(=O)Cc1ccc2c(c1)NC(=O)CS2(O)O)[C@H](CN1CC[C@H](O)C1)c1cccc(C2CC2)c1. The zero-order valence-corrected chi connectivity index (χ0v) is 20.7. The number of amides is 2. The van der Waals surface area contributed by atoms with Gasteiger partial charge in [-0.1, -0.05) is 30.3 Å². The molecule has 1 aliphatic carbocycles. The summed E-state index contributed by atoms with van der Waals surface area (Å²) in [4.78, 5) is 29.6. The Hall–Kier alpha value is -2.43. The minimum atomic E-state index is -3.16. The molecule has 5 rings (SSSR count). The largest absolute Gasteiger partial charge is 0.392 e. The van der Waals surface area contributed by atoms with Crippen molar-refractivity contribution in [2.75, 3.05) is 37.8 Å². The maximum Gasteiger partial charge on any atom is 0.244 e. The number of carbonyl (C=O) groups excluding carboxylic acids is 2. The molecule has 2 atom stereocenters. The molecule has 2 aromatic carbocycles. The quantitative estimate of drug-likeness (QED) is 0.464. The highest BCUT2D eigenvalue weighted by atomic mass is 32.3. The first-order valence-corrected chi connectivity index (χ1v) is 13.9.